The molecule has 2 aromatic heterocycles. The van der Waals surface area contributed by atoms with Crippen molar-refractivity contribution in [1.82, 2.24) is 9.80 Å². The van der Waals surface area contributed by atoms with Gasteiger partial charge in [0.05, 0.1) is 22.3 Å². The van der Waals surface area contributed by atoms with Crippen LogP contribution in [0, 0.1) is 0 Å². The van der Waals surface area contributed by atoms with Gasteiger partial charge in [-0.15, -0.1) is 0 Å². The van der Waals surface area contributed by atoms with Crippen LogP contribution in [0.5, 0.6) is 46.0 Å². The molecule has 0 saturated carbocycles. The fraction of sp³-hybridized carbons (Fsp3) is 0.0179. The van der Waals surface area contributed by atoms with E-state index in [1.807, 2.05) is 255 Å². The van der Waals surface area contributed by atoms with E-state index < -0.39 is 47.5 Å². The van der Waals surface area contributed by atoms with Gasteiger partial charge in [-0.1, -0.05) is 254 Å². The molecule has 2 aliphatic rings. The predicted molar refractivity (Wildman–Crippen MR) is 510 cm³/mol. The van der Waals surface area contributed by atoms with Crippen LogP contribution in [0.2, 0.25) is 10.0 Å². The molecule has 0 aliphatic carbocycles. The number of nitrogens with one attached hydrogen (secondary N) is 2. The van der Waals surface area contributed by atoms with Crippen LogP contribution in [0.25, 0.3) is 131 Å². The van der Waals surface area contributed by atoms with Gasteiger partial charge in [0.25, 0.3) is 35.4 Å². The SMILES string of the molecule is O=C(Nc1ccc(Cl)cc1)C(c1ccc2c(c1)oc1ccccc12)N1C(=O)c2cc(Oc3cccc(-c4ccccc4)c3)c3c4c(Oc5cccc(-c6ccccc6)c5)cc5c6c(cc(Oc7cccc(-c8ccccc8)c7)c(c7c(Oc8cccc(-c9ccccc9)c8)cc(c2c37)C1=O)c64)C(=O)N(C(C(=O)Nc1ccc(Cl)cc1)c1ccc2c(c1)oc1ccccc12)C5=O. The lowest BCUT2D eigenvalue weighted by molar-refractivity contribution is -0.120. The Kier molecular flexibility index (Phi) is 18.9. The van der Waals surface area contributed by atoms with Crippen molar-refractivity contribution in [2.75, 3.05) is 10.6 Å². The Labute approximate surface area is 751 Å². The third-order valence-corrected chi connectivity index (χ3v) is 24.8. The molecule has 620 valence electrons. The van der Waals surface area contributed by atoms with Crippen LogP contribution in [-0.2, 0) is 9.59 Å². The number of ether oxygens (including phenoxy) is 4. The number of para-hydroxylation sites is 2. The summed E-state index contributed by atoms with van der Waals surface area (Å²) in [6.07, 6.45) is 0. The van der Waals surface area contributed by atoms with Gasteiger partial charge in [-0.05, 0) is 201 Å². The normalized spacial score (nSPS) is 13.0. The number of carbonyl (C=O) groups excluding carboxylic acids is 6. The van der Waals surface area contributed by atoms with E-state index in [9.17, 15) is 0 Å². The van der Waals surface area contributed by atoms with Crippen LogP contribution in [0.4, 0.5) is 11.4 Å². The third kappa shape index (κ3) is 13.6. The van der Waals surface area contributed by atoms with Crippen molar-refractivity contribution in [3.05, 3.63) is 420 Å². The molecule has 0 spiro atoms. The van der Waals surface area contributed by atoms with E-state index >= 15 is 28.8 Å². The minimum atomic E-state index is -1.75. The molecule has 130 heavy (non-hydrogen) atoms. The Morgan fingerprint density at radius 2 is 0.523 bits per heavy atom. The van der Waals surface area contributed by atoms with E-state index in [2.05, 4.69) is 10.6 Å². The summed E-state index contributed by atoms with van der Waals surface area (Å²) in [5.41, 5.74) is 9.05. The van der Waals surface area contributed by atoms with Gasteiger partial charge in [0.1, 0.15) is 80.4 Å². The van der Waals surface area contributed by atoms with E-state index in [0.29, 0.717) is 43.8 Å². The van der Waals surface area contributed by atoms with Gasteiger partial charge in [0.15, 0.2) is 0 Å². The van der Waals surface area contributed by atoms with Gasteiger partial charge in [0, 0.05) is 86.1 Å². The fourth-order valence-electron chi connectivity index (χ4n) is 18.5. The lowest BCUT2D eigenvalue weighted by Gasteiger charge is -2.36. The first-order valence-corrected chi connectivity index (χ1v) is 42.9. The van der Waals surface area contributed by atoms with Gasteiger partial charge in [-0.2, -0.15) is 0 Å². The van der Waals surface area contributed by atoms with Gasteiger partial charge in [0.2, 0.25) is 0 Å². The number of amides is 6. The maximum atomic E-state index is 17.4. The van der Waals surface area contributed by atoms with E-state index in [4.69, 9.17) is 51.0 Å². The van der Waals surface area contributed by atoms with E-state index in [1.165, 1.54) is 0 Å². The molecule has 19 aromatic carbocycles. The second-order valence-corrected chi connectivity index (χ2v) is 33.0. The number of benzene rings is 19. The lowest BCUT2D eigenvalue weighted by Crippen LogP contribution is -2.47. The van der Waals surface area contributed by atoms with Crippen molar-refractivity contribution in [3.63, 3.8) is 0 Å². The number of furan rings is 2. The smallest absolute Gasteiger partial charge is 0.262 e. The summed E-state index contributed by atoms with van der Waals surface area (Å²) in [6, 6.07) is 110. The van der Waals surface area contributed by atoms with Crippen LogP contribution < -0.4 is 29.6 Å². The number of nitrogens with zero attached hydrogens (tertiary/aromatic N) is 2. The van der Waals surface area contributed by atoms with Crippen LogP contribution in [0.3, 0.4) is 0 Å². The molecule has 6 amide bonds. The molecule has 2 unspecified atom stereocenters. The van der Waals surface area contributed by atoms with Crippen molar-refractivity contribution < 1.29 is 56.5 Å². The fourth-order valence-corrected chi connectivity index (χ4v) is 18.7. The number of hydrogen-bond acceptors (Lipinski definition) is 12. The summed E-state index contributed by atoms with van der Waals surface area (Å²) < 4.78 is 43.7. The highest BCUT2D eigenvalue weighted by Gasteiger charge is 2.48. The van der Waals surface area contributed by atoms with Crippen molar-refractivity contribution in [2.24, 2.45) is 0 Å². The average molecular weight is 1730 g/mol. The van der Waals surface area contributed by atoms with Gasteiger partial charge in [-0.3, -0.25) is 38.6 Å². The molecule has 2 aliphatic heterocycles. The van der Waals surface area contributed by atoms with Gasteiger partial charge >= 0.3 is 0 Å². The standard InChI is InChI=1S/C112H66Cl2N4O12/c113-73-43-47-75(48-44-73)115-107(119)105(71-41-51-83-81-37-13-15-39-89(81)129-91(83)57-71)117-109(121)85-59-93(125-77-33-17-29-67(53-77)63-21-5-1-6-22-63)99-100-94(126-78-34-18-30-68(54-78)64-23-7-2-8-24-64)60-87-98-88(112(124)118(111(87)123)106(108(120)116-76-49-45-74(114)46-50-76)72-42-52-84-82-38-14-16-40-90(82)130-92(84)58-72)62-96(128-80-36-20-32-70(56-80)66-27-11-4-12-28-66)102(104(98)100)101-95(61-86(110(117)122)97(85)103(99)101)127-79-35-19-31-69(55-79)65-25-9-3-10-26-65/h1-62,105-106H,(H,115,119)(H,116,120). The van der Waals surface area contributed by atoms with Crippen molar-refractivity contribution in [3.8, 4) is 90.5 Å². The molecule has 16 nitrogen and oxygen atoms in total. The predicted octanol–water partition coefficient (Wildman–Crippen LogP) is 28.6. The zero-order valence-electron chi connectivity index (χ0n) is 68.5. The first-order valence-electron chi connectivity index (χ1n) is 42.1. The first kappa shape index (κ1) is 77.9. The number of carbonyl (C=O) groups is 6. The highest BCUT2D eigenvalue weighted by Crippen LogP contribution is 2.59. The Balaban J connectivity index is 0.855. The topological polar surface area (TPSA) is 196 Å². The minimum absolute atomic E-state index is 0.00100. The molecule has 0 fully saturated rings. The van der Waals surface area contributed by atoms with Crippen molar-refractivity contribution >= 4 is 157 Å². The molecule has 0 radical (unpaired) electrons. The summed E-state index contributed by atoms with van der Waals surface area (Å²) in [5, 5.41) is 11.3. The van der Waals surface area contributed by atoms with Crippen LogP contribution in [-0.4, -0.2) is 45.2 Å². The summed E-state index contributed by atoms with van der Waals surface area (Å²) in [4.78, 5) is 104. The second-order valence-electron chi connectivity index (χ2n) is 32.1. The molecule has 18 heteroatoms. The number of anilines is 2. The second kappa shape index (κ2) is 31.6. The Bertz CT molecular complexity index is 7510. The van der Waals surface area contributed by atoms with Crippen molar-refractivity contribution in [1.29, 1.82) is 0 Å². The number of fused-ring (bicyclic) bond motifs is 8. The Morgan fingerprint density at radius 3 is 0.823 bits per heavy atom. The molecule has 2 atom stereocenters. The van der Waals surface area contributed by atoms with Crippen LogP contribution >= 0.6 is 23.2 Å². The summed E-state index contributed by atoms with van der Waals surface area (Å²) in [5.74, 6) is -4.06. The quantitative estimate of drug-likeness (QED) is 0.0417. The zero-order chi connectivity index (χ0) is 87.5. The molecular formula is C112H66Cl2N4O12. The molecule has 21 aromatic rings. The zero-order valence-corrected chi connectivity index (χ0v) is 70.0. The maximum absolute atomic E-state index is 17.4. The number of halogens is 2. The Hall–Kier alpha value is -16.9. The van der Waals surface area contributed by atoms with E-state index in [-0.39, 0.29) is 122 Å². The molecule has 2 N–H and O–H groups in total. The van der Waals surface area contributed by atoms with E-state index in [0.717, 1.165) is 75.9 Å². The summed E-state index contributed by atoms with van der Waals surface area (Å²) in [7, 11) is 0. The molecular weight excluding hydrogens is 1660 g/mol. The lowest BCUT2D eigenvalue weighted by atomic mass is 9.80. The molecule has 4 heterocycles. The Morgan fingerprint density at radius 1 is 0.254 bits per heavy atom. The van der Waals surface area contributed by atoms with Crippen molar-refractivity contribution in [2.45, 2.75) is 12.1 Å². The van der Waals surface area contributed by atoms with Crippen LogP contribution in [0.1, 0.15) is 64.6 Å². The molecule has 23 rings (SSSR count). The minimum Gasteiger partial charge on any atom is -0.457 e. The number of imide groups is 2. The molecule has 0 bridgehead atoms. The maximum Gasteiger partial charge on any atom is 0.262 e. The highest BCUT2D eigenvalue weighted by atomic mass is 35.5. The van der Waals surface area contributed by atoms with Crippen LogP contribution in [0.15, 0.2) is 385 Å². The number of rotatable bonds is 20. The van der Waals surface area contributed by atoms with E-state index in [1.54, 1.807) is 121 Å². The monoisotopic (exact) mass is 1730 g/mol. The third-order valence-electron chi connectivity index (χ3n) is 24.3. The largest absolute Gasteiger partial charge is 0.457 e. The number of hydrogen-bond donors (Lipinski definition) is 2. The molecule has 0 saturated heterocycles. The average Bonchev–Trinajstić information content (AvgIpc) is 0.822. The highest BCUT2D eigenvalue weighted by molar-refractivity contribution is 6.45. The summed E-state index contributed by atoms with van der Waals surface area (Å²) in [6.45, 7) is 0. The van der Waals surface area contributed by atoms with Gasteiger partial charge in [-0.25, -0.2) is 0 Å². The van der Waals surface area contributed by atoms with Gasteiger partial charge < -0.3 is 38.4 Å². The summed E-state index contributed by atoms with van der Waals surface area (Å²) >= 11 is 13.0. The first-order chi connectivity index (χ1) is 63.7.